The minimum absolute atomic E-state index is 0.109. The highest BCUT2D eigenvalue weighted by Crippen LogP contribution is 2.41. The molecule has 5 nitrogen and oxygen atoms in total. The van der Waals surface area contributed by atoms with Crippen molar-refractivity contribution in [2.75, 3.05) is 19.6 Å². The number of pyridine rings is 1. The molecule has 0 unspecified atom stereocenters. The summed E-state index contributed by atoms with van der Waals surface area (Å²) in [6.45, 7) is 2.18. The molecule has 2 amide bonds. The zero-order valence-electron chi connectivity index (χ0n) is 14.4. The molecule has 0 radical (unpaired) electrons. The lowest BCUT2D eigenvalue weighted by Gasteiger charge is -2.23. The molecule has 0 N–H and O–H groups in total. The molecule has 3 heterocycles. The first kappa shape index (κ1) is 16.7. The first-order chi connectivity index (χ1) is 12.6. The number of nitrogens with zero attached hydrogens (tertiary/aromatic N) is 3. The zero-order valence-corrected chi connectivity index (χ0v) is 14.4. The fourth-order valence-corrected chi connectivity index (χ4v) is 3.93. The van der Waals surface area contributed by atoms with E-state index in [4.69, 9.17) is 0 Å². The lowest BCUT2D eigenvalue weighted by atomic mass is 9.85. The summed E-state index contributed by atoms with van der Waals surface area (Å²) in [5, 5.41) is 0. The monoisotopic (exact) mass is 353 g/mol. The van der Waals surface area contributed by atoms with E-state index in [2.05, 4.69) is 4.98 Å². The summed E-state index contributed by atoms with van der Waals surface area (Å²) in [5.41, 5.74) is 0.846. The summed E-state index contributed by atoms with van der Waals surface area (Å²) in [6.07, 6.45) is 3.16. The minimum atomic E-state index is -0.482. The number of hydrogen-bond acceptors (Lipinski definition) is 3. The maximum Gasteiger partial charge on any atom is 0.253 e. The van der Waals surface area contributed by atoms with E-state index in [1.54, 1.807) is 11.1 Å². The molecule has 134 valence electrons. The zero-order chi connectivity index (χ0) is 18.1. The summed E-state index contributed by atoms with van der Waals surface area (Å²) in [4.78, 5) is 33.5. The molecule has 26 heavy (non-hydrogen) atoms. The van der Waals surface area contributed by atoms with Gasteiger partial charge in [-0.3, -0.25) is 14.6 Å². The van der Waals surface area contributed by atoms with E-state index >= 15 is 0 Å². The number of carbonyl (C=O) groups excluding carboxylic acids is 2. The molecule has 2 aliphatic heterocycles. The first-order valence-electron chi connectivity index (χ1n) is 8.82. The van der Waals surface area contributed by atoms with Gasteiger partial charge in [-0.15, -0.1) is 0 Å². The molecular weight excluding hydrogens is 333 g/mol. The predicted octanol–water partition coefficient (Wildman–Crippen LogP) is 2.49. The fraction of sp³-hybridized carbons (Fsp3) is 0.350. The van der Waals surface area contributed by atoms with Crippen LogP contribution in [0.5, 0.6) is 0 Å². The Hall–Kier alpha value is -2.76. The number of halogens is 1. The number of likely N-dealkylation sites (tertiary alicyclic amines) is 2. The molecule has 0 bridgehead atoms. The Kier molecular flexibility index (Phi) is 4.18. The minimum Gasteiger partial charge on any atom is -0.338 e. The van der Waals surface area contributed by atoms with E-state index in [0.29, 0.717) is 38.2 Å². The third-order valence-corrected chi connectivity index (χ3v) is 5.41. The second kappa shape index (κ2) is 6.52. The molecule has 2 saturated heterocycles. The summed E-state index contributed by atoms with van der Waals surface area (Å²) in [7, 11) is 0. The third-order valence-electron chi connectivity index (χ3n) is 5.41. The smallest absolute Gasteiger partial charge is 0.253 e. The van der Waals surface area contributed by atoms with E-state index in [1.165, 1.54) is 24.3 Å². The fourth-order valence-electron chi connectivity index (χ4n) is 3.93. The van der Waals surface area contributed by atoms with Crippen LogP contribution in [-0.2, 0) is 11.3 Å². The van der Waals surface area contributed by atoms with Gasteiger partial charge in [0, 0.05) is 31.4 Å². The molecule has 0 aliphatic carbocycles. The van der Waals surface area contributed by atoms with E-state index in [1.807, 2.05) is 23.1 Å². The Labute approximate surface area is 151 Å². The molecule has 2 aromatic rings. The average Bonchev–Trinajstić information content (AvgIpc) is 3.23. The van der Waals surface area contributed by atoms with Gasteiger partial charge >= 0.3 is 0 Å². The molecule has 2 fully saturated rings. The van der Waals surface area contributed by atoms with Gasteiger partial charge in [0.05, 0.1) is 17.7 Å². The van der Waals surface area contributed by atoms with Crippen LogP contribution in [0.25, 0.3) is 0 Å². The standard InChI is InChI=1S/C20H20FN3O2/c21-16-6-4-15(5-7-16)18(25)24-12-9-20(14-24)8-11-23(19(20)26)13-17-3-1-2-10-22-17/h1-7,10H,8-9,11-14H2/t20-/m0/s1. The van der Waals surface area contributed by atoms with Gasteiger partial charge in [-0.05, 0) is 49.2 Å². The van der Waals surface area contributed by atoms with Crippen molar-refractivity contribution in [2.24, 2.45) is 5.41 Å². The summed E-state index contributed by atoms with van der Waals surface area (Å²) < 4.78 is 13.1. The van der Waals surface area contributed by atoms with Crippen molar-refractivity contribution in [3.63, 3.8) is 0 Å². The van der Waals surface area contributed by atoms with E-state index in [-0.39, 0.29) is 17.6 Å². The summed E-state index contributed by atoms with van der Waals surface area (Å²) >= 11 is 0. The lowest BCUT2D eigenvalue weighted by Crippen LogP contribution is -2.38. The van der Waals surface area contributed by atoms with Crippen LogP contribution in [-0.4, -0.2) is 46.2 Å². The number of aromatic nitrogens is 1. The quantitative estimate of drug-likeness (QED) is 0.852. The van der Waals surface area contributed by atoms with E-state index in [9.17, 15) is 14.0 Å². The Morgan fingerprint density at radius 2 is 1.88 bits per heavy atom. The molecular formula is C20H20FN3O2. The van der Waals surface area contributed by atoms with Gasteiger partial charge in [0.1, 0.15) is 5.82 Å². The molecule has 4 rings (SSSR count). The van der Waals surface area contributed by atoms with Crippen LogP contribution < -0.4 is 0 Å². The average molecular weight is 353 g/mol. The molecule has 1 spiro atoms. The SMILES string of the molecule is O=C(c1ccc(F)cc1)N1CC[C@@]2(CCN(Cc3ccccn3)C2=O)C1. The molecule has 1 atom stereocenters. The van der Waals surface area contributed by atoms with Gasteiger partial charge in [-0.1, -0.05) is 6.07 Å². The number of amides is 2. The number of carbonyl (C=O) groups is 2. The van der Waals surface area contributed by atoms with E-state index < -0.39 is 5.41 Å². The number of benzene rings is 1. The molecule has 6 heteroatoms. The Balaban J connectivity index is 1.45. The van der Waals surface area contributed by atoms with Crippen molar-refractivity contribution < 1.29 is 14.0 Å². The predicted molar refractivity (Wildman–Crippen MR) is 93.6 cm³/mol. The second-order valence-electron chi connectivity index (χ2n) is 7.06. The van der Waals surface area contributed by atoms with Crippen molar-refractivity contribution in [2.45, 2.75) is 19.4 Å². The van der Waals surface area contributed by atoms with E-state index in [0.717, 1.165) is 12.1 Å². The van der Waals surface area contributed by atoms with Gasteiger partial charge in [-0.2, -0.15) is 0 Å². The molecule has 2 aliphatic rings. The highest BCUT2D eigenvalue weighted by atomic mass is 19.1. The number of hydrogen-bond donors (Lipinski definition) is 0. The van der Waals surface area contributed by atoms with Gasteiger partial charge < -0.3 is 9.80 Å². The van der Waals surface area contributed by atoms with Crippen LogP contribution in [0.2, 0.25) is 0 Å². The summed E-state index contributed by atoms with van der Waals surface area (Å²) in [6, 6.07) is 11.2. The van der Waals surface area contributed by atoms with Gasteiger partial charge in [0.25, 0.3) is 5.91 Å². The summed E-state index contributed by atoms with van der Waals surface area (Å²) in [5.74, 6) is -0.397. The number of rotatable bonds is 3. The van der Waals surface area contributed by atoms with Gasteiger partial charge in [-0.25, -0.2) is 4.39 Å². The van der Waals surface area contributed by atoms with Gasteiger partial charge in [0.15, 0.2) is 0 Å². The normalized spacial score (nSPS) is 22.4. The van der Waals surface area contributed by atoms with Crippen LogP contribution in [0.1, 0.15) is 28.9 Å². The molecule has 1 aromatic heterocycles. The Morgan fingerprint density at radius 3 is 2.62 bits per heavy atom. The molecule has 1 aromatic carbocycles. The Morgan fingerprint density at radius 1 is 1.12 bits per heavy atom. The van der Waals surface area contributed by atoms with Crippen molar-refractivity contribution in [3.05, 3.63) is 65.7 Å². The Bertz CT molecular complexity index is 825. The van der Waals surface area contributed by atoms with Crippen molar-refractivity contribution in [1.82, 2.24) is 14.8 Å². The van der Waals surface area contributed by atoms with Crippen LogP contribution in [0.15, 0.2) is 48.7 Å². The second-order valence-corrected chi connectivity index (χ2v) is 7.06. The highest BCUT2D eigenvalue weighted by Gasteiger charge is 2.51. The van der Waals surface area contributed by atoms with Crippen molar-refractivity contribution >= 4 is 11.8 Å². The maximum atomic E-state index is 13.1. The van der Waals surface area contributed by atoms with Crippen LogP contribution >= 0.6 is 0 Å². The first-order valence-corrected chi connectivity index (χ1v) is 8.82. The van der Waals surface area contributed by atoms with Crippen molar-refractivity contribution in [1.29, 1.82) is 0 Å². The largest absolute Gasteiger partial charge is 0.338 e. The van der Waals surface area contributed by atoms with Crippen LogP contribution in [0.4, 0.5) is 4.39 Å². The third kappa shape index (κ3) is 2.96. The van der Waals surface area contributed by atoms with Gasteiger partial charge in [0.2, 0.25) is 5.91 Å². The highest BCUT2D eigenvalue weighted by molar-refractivity contribution is 5.95. The maximum absolute atomic E-state index is 13.1. The topological polar surface area (TPSA) is 53.5 Å². The van der Waals surface area contributed by atoms with Crippen LogP contribution in [0.3, 0.4) is 0 Å². The van der Waals surface area contributed by atoms with Crippen LogP contribution in [0, 0.1) is 11.2 Å². The van der Waals surface area contributed by atoms with Crippen molar-refractivity contribution in [3.8, 4) is 0 Å². The molecule has 0 saturated carbocycles. The lowest BCUT2D eigenvalue weighted by molar-refractivity contribution is -0.135.